The molecular weight excluding hydrogens is 226 g/mol. The van der Waals surface area contributed by atoms with Gasteiger partial charge in [0.1, 0.15) is 0 Å². The summed E-state index contributed by atoms with van der Waals surface area (Å²) >= 11 is 0. The third-order valence-corrected chi connectivity index (χ3v) is 3.79. The van der Waals surface area contributed by atoms with Crippen LogP contribution < -0.4 is 10.2 Å². The second-order valence-corrected chi connectivity index (χ2v) is 5.17. The molecule has 2 unspecified atom stereocenters. The number of aromatic nitrogens is 1. The quantitative estimate of drug-likeness (QED) is 0.877. The summed E-state index contributed by atoms with van der Waals surface area (Å²) in [6, 6.07) is 4.13. The molecule has 2 saturated heterocycles. The first-order valence-electron chi connectivity index (χ1n) is 6.93. The van der Waals surface area contributed by atoms with E-state index in [2.05, 4.69) is 21.3 Å². The van der Waals surface area contributed by atoms with E-state index in [4.69, 9.17) is 4.74 Å². The number of pyridine rings is 1. The van der Waals surface area contributed by atoms with Gasteiger partial charge in [-0.25, -0.2) is 0 Å². The maximum atomic E-state index is 6.18. The van der Waals surface area contributed by atoms with E-state index in [1.807, 2.05) is 18.5 Å². The van der Waals surface area contributed by atoms with Crippen LogP contribution in [-0.2, 0) is 4.74 Å². The predicted molar refractivity (Wildman–Crippen MR) is 71.8 cm³/mol. The third kappa shape index (κ3) is 2.82. The van der Waals surface area contributed by atoms with E-state index in [0.29, 0.717) is 12.2 Å². The van der Waals surface area contributed by atoms with Crippen LogP contribution in [0.1, 0.15) is 19.3 Å². The highest BCUT2D eigenvalue weighted by Gasteiger charge is 2.25. The number of nitrogens with zero attached hydrogens (tertiary/aromatic N) is 2. The van der Waals surface area contributed by atoms with Gasteiger partial charge in [-0.05, 0) is 37.9 Å². The Kier molecular flexibility index (Phi) is 3.76. The SMILES string of the molecule is c1cncc(N2CCCC(OC3CCNC3)C2)c1. The number of hydrogen-bond acceptors (Lipinski definition) is 4. The Hall–Kier alpha value is -1.13. The molecule has 0 saturated carbocycles. The Morgan fingerprint density at radius 3 is 3.11 bits per heavy atom. The van der Waals surface area contributed by atoms with Gasteiger partial charge in [0.15, 0.2) is 0 Å². The van der Waals surface area contributed by atoms with Gasteiger partial charge in [-0.2, -0.15) is 0 Å². The monoisotopic (exact) mass is 247 g/mol. The maximum Gasteiger partial charge on any atom is 0.0755 e. The Balaban J connectivity index is 1.58. The van der Waals surface area contributed by atoms with E-state index < -0.39 is 0 Å². The summed E-state index contributed by atoms with van der Waals surface area (Å²) in [6.07, 6.45) is 8.12. The molecule has 2 aliphatic heterocycles. The summed E-state index contributed by atoms with van der Waals surface area (Å²) in [7, 11) is 0. The lowest BCUT2D eigenvalue weighted by Gasteiger charge is -2.35. The highest BCUT2D eigenvalue weighted by Crippen LogP contribution is 2.21. The summed E-state index contributed by atoms with van der Waals surface area (Å²) in [5.74, 6) is 0. The van der Waals surface area contributed by atoms with Crippen LogP contribution in [-0.4, -0.2) is 43.4 Å². The molecule has 2 fully saturated rings. The molecule has 1 aromatic heterocycles. The lowest BCUT2D eigenvalue weighted by molar-refractivity contribution is -0.00744. The minimum atomic E-state index is 0.379. The highest BCUT2D eigenvalue weighted by molar-refractivity contribution is 5.44. The van der Waals surface area contributed by atoms with Crippen LogP contribution in [0, 0.1) is 0 Å². The van der Waals surface area contributed by atoms with E-state index in [0.717, 1.165) is 32.6 Å². The fourth-order valence-electron chi connectivity index (χ4n) is 2.84. The smallest absolute Gasteiger partial charge is 0.0755 e. The van der Waals surface area contributed by atoms with Gasteiger partial charge in [0.2, 0.25) is 0 Å². The van der Waals surface area contributed by atoms with Crippen molar-refractivity contribution in [1.82, 2.24) is 10.3 Å². The molecule has 0 bridgehead atoms. The van der Waals surface area contributed by atoms with Gasteiger partial charge < -0.3 is 15.0 Å². The summed E-state index contributed by atoms with van der Waals surface area (Å²) in [5, 5.41) is 3.36. The van der Waals surface area contributed by atoms with Crippen LogP contribution in [0.25, 0.3) is 0 Å². The molecular formula is C14H21N3O. The molecule has 4 nitrogen and oxygen atoms in total. The second kappa shape index (κ2) is 5.67. The largest absolute Gasteiger partial charge is 0.372 e. The van der Waals surface area contributed by atoms with Crippen molar-refractivity contribution in [3.05, 3.63) is 24.5 Å². The third-order valence-electron chi connectivity index (χ3n) is 3.79. The minimum absolute atomic E-state index is 0.379. The molecule has 0 amide bonds. The zero-order valence-electron chi connectivity index (χ0n) is 10.7. The van der Waals surface area contributed by atoms with Crippen LogP contribution in [0.15, 0.2) is 24.5 Å². The van der Waals surface area contributed by atoms with Crippen LogP contribution in [0.2, 0.25) is 0 Å². The van der Waals surface area contributed by atoms with Crippen molar-refractivity contribution in [2.45, 2.75) is 31.5 Å². The molecule has 0 radical (unpaired) electrons. The first-order chi connectivity index (χ1) is 8.92. The van der Waals surface area contributed by atoms with Gasteiger partial charge in [-0.1, -0.05) is 0 Å². The second-order valence-electron chi connectivity index (χ2n) is 5.17. The zero-order valence-corrected chi connectivity index (χ0v) is 10.7. The molecule has 0 aliphatic carbocycles. The molecule has 2 atom stereocenters. The van der Waals surface area contributed by atoms with E-state index in [1.165, 1.54) is 18.5 Å². The van der Waals surface area contributed by atoms with Crippen molar-refractivity contribution >= 4 is 5.69 Å². The Morgan fingerprint density at radius 2 is 2.33 bits per heavy atom. The number of anilines is 1. The Bertz CT molecular complexity index is 365. The van der Waals surface area contributed by atoms with E-state index in [-0.39, 0.29) is 0 Å². The molecule has 18 heavy (non-hydrogen) atoms. The fraction of sp³-hybridized carbons (Fsp3) is 0.643. The Morgan fingerprint density at radius 1 is 1.33 bits per heavy atom. The highest BCUT2D eigenvalue weighted by atomic mass is 16.5. The molecule has 2 aliphatic rings. The first kappa shape index (κ1) is 11.9. The molecule has 1 aromatic rings. The van der Waals surface area contributed by atoms with Gasteiger partial charge in [-0.3, -0.25) is 4.98 Å². The average molecular weight is 247 g/mol. The van der Waals surface area contributed by atoms with Gasteiger partial charge in [0, 0.05) is 25.8 Å². The predicted octanol–water partition coefficient (Wildman–Crippen LogP) is 1.43. The lowest BCUT2D eigenvalue weighted by Crippen LogP contribution is -2.41. The number of nitrogens with one attached hydrogen (secondary N) is 1. The molecule has 4 heteroatoms. The number of ether oxygens (including phenoxy) is 1. The first-order valence-corrected chi connectivity index (χ1v) is 6.93. The normalized spacial score (nSPS) is 28.6. The molecule has 0 aromatic carbocycles. The average Bonchev–Trinajstić information content (AvgIpc) is 2.93. The van der Waals surface area contributed by atoms with Crippen LogP contribution >= 0.6 is 0 Å². The molecule has 98 valence electrons. The van der Waals surface area contributed by atoms with E-state index in [9.17, 15) is 0 Å². The fourth-order valence-corrected chi connectivity index (χ4v) is 2.84. The Labute approximate surface area is 108 Å². The van der Waals surface area contributed by atoms with Crippen LogP contribution in [0.3, 0.4) is 0 Å². The molecule has 1 N–H and O–H groups in total. The maximum absolute atomic E-state index is 6.18. The molecule has 3 rings (SSSR count). The van der Waals surface area contributed by atoms with E-state index >= 15 is 0 Å². The van der Waals surface area contributed by atoms with Crippen molar-refractivity contribution in [1.29, 1.82) is 0 Å². The van der Waals surface area contributed by atoms with Crippen molar-refractivity contribution in [3.8, 4) is 0 Å². The number of rotatable bonds is 3. The van der Waals surface area contributed by atoms with Gasteiger partial charge >= 0.3 is 0 Å². The summed E-state index contributed by atoms with van der Waals surface area (Å²) in [4.78, 5) is 6.59. The number of hydrogen-bond donors (Lipinski definition) is 1. The topological polar surface area (TPSA) is 37.4 Å². The molecule has 3 heterocycles. The van der Waals surface area contributed by atoms with Crippen molar-refractivity contribution < 1.29 is 4.74 Å². The van der Waals surface area contributed by atoms with Crippen molar-refractivity contribution in [3.63, 3.8) is 0 Å². The summed E-state index contributed by atoms with van der Waals surface area (Å²) < 4.78 is 6.18. The van der Waals surface area contributed by atoms with Gasteiger partial charge in [0.25, 0.3) is 0 Å². The molecule has 0 spiro atoms. The standard InChI is InChI=1S/C14H21N3O/c1-3-12(9-15-6-1)17-8-2-4-14(11-17)18-13-5-7-16-10-13/h1,3,6,9,13-14,16H,2,4-5,7-8,10-11H2. The number of piperidine rings is 1. The van der Waals surface area contributed by atoms with Crippen LogP contribution in [0.5, 0.6) is 0 Å². The van der Waals surface area contributed by atoms with Gasteiger partial charge in [-0.15, -0.1) is 0 Å². The zero-order chi connectivity index (χ0) is 12.2. The summed E-state index contributed by atoms with van der Waals surface area (Å²) in [6.45, 7) is 4.24. The van der Waals surface area contributed by atoms with Crippen molar-refractivity contribution in [2.24, 2.45) is 0 Å². The van der Waals surface area contributed by atoms with Crippen molar-refractivity contribution in [2.75, 3.05) is 31.1 Å². The van der Waals surface area contributed by atoms with Gasteiger partial charge in [0.05, 0.1) is 24.1 Å². The van der Waals surface area contributed by atoms with E-state index in [1.54, 1.807) is 0 Å². The van der Waals surface area contributed by atoms with Crippen LogP contribution in [0.4, 0.5) is 5.69 Å². The minimum Gasteiger partial charge on any atom is -0.372 e. The lowest BCUT2D eigenvalue weighted by atomic mass is 10.1. The summed E-state index contributed by atoms with van der Waals surface area (Å²) in [5.41, 5.74) is 1.22.